The van der Waals surface area contributed by atoms with Crippen LogP contribution in [-0.2, 0) is 14.3 Å². The molecule has 1 aliphatic carbocycles. The zero-order valence-electron chi connectivity index (χ0n) is 21.4. The number of amides is 3. The van der Waals surface area contributed by atoms with E-state index < -0.39 is 42.8 Å². The topological polar surface area (TPSA) is 91.0 Å². The van der Waals surface area contributed by atoms with Crippen LogP contribution in [0.25, 0.3) is 0 Å². The van der Waals surface area contributed by atoms with Gasteiger partial charge in [-0.25, -0.2) is 17.6 Å². The number of benzene rings is 1. The van der Waals surface area contributed by atoms with Crippen LogP contribution in [0.5, 0.6) is 0 Å². The van der Waals surface area contributed by atoms with E-state index >= 15 is 0 Å². The summed E-state index contributed by atoms with van der Waals surface area (Å²) in [5.74, 6) is -1.63. The van der Waals surface area contributed by atoms with Crippen molar-refractivity contribution in [3.8, 4) is 0 Å². The fourth-order valence-corrected chi connectivity index (χ4v) is 5.59. The molecule has 1 atom stereocenters. The first-order chi connectivity index (χ1) is 19.1. The normalized spacial score (nSPS) is 16.9. The van der Waals surface area contributed by atoms with Gasteiger partial charge in [0.15, 0.2) is 0 Å². The molecule has 0 bridgehead atoms. The third-order valence-corrected chi connectivity index (χ3v) is 8.14. The zero-order chi connectivity index (χ0) is 28.8. The van der Waals surface area contributed by atoms with Gasteiger partial charge < -0.3 is 20.3 Å². The van der Waals surface area contributed by atoms with Gasteiger partial charge >= 0.3 is 0 Å². The first kappa shape index (κ1) is 30.2. The van der Waals surface area contributed by atoms with E-state index in [-0.39, 0.29) is 60.9 Å². The number of hydrogen-bond donors (Lipinski definition) is 2. The van der Waals surface area contributed by atoms with E-state index in [4.69, 9.17) is 16.3 Å². The first-order valence-corrected chi connectivity index (χ1v) is 14.0. The highest BCUT2D eigenvalue weighted by atomic mass is 35.5. The quantitative estimate of drug-likeness (QED) is 0.340. The van der Waals surface area contributed by atoms with Gasteiger partial charge in [-0.3, -0.25) is 19.3 Å². The summed E-state index contributed by atoms with van der Waals surface area (Å²) in [6.07, 6.45) is -3.16. The van der Waals surface area contributed by atoms with E-state index in [0.717, 1.165) is 36.7 Å². The predicted molar refractivity (Wildman–Crippen MR) is 144 cm³/mol. The molecule has 2 heterocycles. The molecular formula is C26H29ClF4N4O4S. The number of alkyl halides is 4. The van der Waals surface area contributed by atoms with E-state index in [9.17, 15) is 31.9 Å². The van der Waals surface area contributed by atoms with Crippen LogP contribution >= 0.6 is 22.9 Å². The van der Waals surface area contributed by atoms with E-state index in [2.05, 4.69) is 10.6 Å². The van der Waals surface area contributed by atoms with Crippen molar-refractivity contribution in [1.29, 1.82) is 0 Å². The highest BCUT2D eigenvalue weighted by molar-refractivity contribution is 7.18. The van der Waals surface area contributed by atoms with Crippen LogP contribution in [0.3, 0.4) is 0 Å². The van der Waals surface area contributed by atoms with Crippen LogP contribution in [-0.4, -0.2) is 74.5 Å². The van der Waals surface area contributed by atoms with Gasteiger partial charge in [0.05, 0.1) is 22.4 Å². The van der Waals surface area contributed by atoms with E-state index in [1.54, 1.807) is 0 Å². The summed E-state index contributed by atoms with van der Waals surface area (Å²) in [6, 6.07) is 5.56. The smallest absolute Gasteiger partial charge is 0.265 e. The van der Waals surface area contributed by atoms with Crippen LogP contribution in [0, 0.1) is 5.92 Å². The Balaban J connectivity index is 1.57. The number of ether oxygens (including phenoxy) is 1. The van der Waals surface area contributed by atoms with Gasteiger partial charge in [-0.2, -0.15) is 0 Å². The van der Waals surface area contributed by atoms with Crippen LogP contribution in [0.1, 0.15) is 40.9 Å². The zero-order valence-corrected chi connectivity index (χ0v) is 23.0. The maximum absolute atomic E-state index is 14.1. The fourth-order valence-electron chi connectivity index (χ4n) is 4.63. The molecule has 2 aromatic rings. The minimum Gasteiger partial charge on any atom is -0.370 e. The van der Waals surface area contributed by atoms with Crippen LogP contribution in [0.15, 0.2) is 30.3 Å². The third kappa shape index (κ3) is 7.71. The lowest BCUT2D eigenvalue weighted by Gasteiger charge is -2.36. The molecule has 40 heavy (non-hydrogen) atoms. The number of rotatable bonds is 12. The van der Waals surface area contributed by atoms with Crippen molar-refractivity contribution in [2.75, 3.05) is 49.6 Å². The summed E-state index contributed by atoms with van der Waals surface area (Å²) in [6.45, 7) is -0.592. The highest BCUT2D eigenvalue weighted by Gasteiger charge is 2.33. The van der Waals surface area contributed by atoms with Gasteiger partial charge in [0.2, 0.25) is 5.91 Å². The molecule has 1 saturated carbocycles. The molecule has 0 radical (unpaired) electrons. The summed E-state index contributed by atoms with van der Waals surface area (Å²) >= 11 is 6.92. The van der Waals surface area contributed by atoms with E-state index in [1.807, 2.05) is 0 Å². The van der Waals surface area contributed by atoms with Crippen molar-refractivity contribution in [3.63, 3.8) is 0 Å². The van der Waals surface area contributed by atoms with E-state index in [1.165, 1.54) is 34.1 Å². The molecule has 218 valence electrons. The molecule has 1 saturated heterocycles. The molecule has 14 heteroatoms. The number of anilines is 2. The maximum Gasteiger partial charge on any atom is 0.265 e. The average molecular weight is 605 g/mol. The molecule has 1 aromatic heterocycles. The largest absolute Gasteiger partial charge is 0.370 e. The van der Waals surface area contributed by atoms with E-state index in [0.29, 0.717) is 4.34 Å². The standard InChI is InChI=1S/C26H29ClF4N4O4S/c27-21-7-6-20(40-21)26(38)32-11-19(34(13-22(28)29)12-15-2-1-3-15)25(37)33-18-5-4-16(10-17(18)24(30)31)35-8-9-39-14-23(35)36/h4-7,10,15,19,22,24H,1-3,8-9,11-14H2,(H,32,38)(H,33,37)/t19-/m0/s1. The van der Waals surface area contributed by atoms with Crippen molar-refractivity contribution in [2.45, 2.75) is 38.2 Å². The van der Waals surface area contributed by atoms with Gasteiger partial charge in [-0.1, -0.05) is 18.0 Å². The molecule has 8 nitrogen and oxygen atoms in total. The molecule has 3 amide bonds. The summed E-state index contributed by atoms with van der Waals surface area (Å²) in [4.78, 5) is 41.2. The third-order valence-electron chi connectivity index (χ3n) is 6.91. The lowest BCUT2D eigenvalue weighted by atomic mass is 9.85. The van der Waals surface area contributed by atoms with Gasteiger partial charge in [0, 0.05) is 36.6 Å². The lowest BCUT2D eigenvalue weighted by molar-refractivity contribution is -0.125. The molecule has 0 spiro atoms. The number of carbonyl (C=O) groups is 3. The van der Waals surface area contributed by atoms with Crippen molar-refractivity contribution in [3.05, 3.63) is 45.1 Å². The Bertz CT molecular complexity index is 1210. The number of carbonyl (C=O) groups excluding carboxylic acids is 3. The van der Waals surface area contributed by atoms with Crippen LogP contribution < -0.4 is 15.5 Å². The predicted octanol–water partition coefficient (Wildman–Crippen LogP) is 4.81. The fraction of sp³-hybridized carbons (Fsp3) is 0.500. The molecule has 1 aromatic carbocycles. The van der Waals surface area contributed by atoms with Crippen molar-refractivity contribution in [2.24, 2.45) is 5.92 Å². The lowest BCUT2D eigenvalue weighted by Crippen LogP contribution is -2.54. The second-order valence-corrected chi connectivity index (χ2v) is 11.3. The summed E-state index contributed by atoms with van der Waals surface area (Å²) in [7, 11) is 0. The SMILES string of the molecule is O=C(NC[C@@H](C(=O)Nc1ccc(N2CCOCC2=O)cc1C(F)F)N(CC(F)F)CC1CCC1)c1ccc(Cl)s1. The Labute approximate surface area is 237 Å². The molecule has 1 aliphatic heterocycles. The Hall–Kier alpha value is -2.74. The minimum atomic E-state index is -3.00. The second kappa shape index (κ2) is 13.7. The van der Waals surface area contributed by atoms with Crippen molar-refractivity contribution >= 4 is 52.0 Å². The Kier molecular flexibility index (Phi) is 10.4. The number of hydrogen-bond acceptors (Lipinski definition) is 6. The highest BCUT2D eigenvalue weighted by Crippen LogP contribution is 2.33. The van der Waals surface area contributed by atoms with Crippen LogP contribution in [0.4, 0.5) is 28.9 Å². The number of nitrogens with zero attached hydrogens (tertiary/aromatic N) is 2. The molecule has 2 aliphatic rings. The monoisotopic (exact) mass is 604 g/mol. The number of halogens is 5. The number of thiophene rings is 1. The first-order valence-electron chi connectivity index (χ1n) is 12.8. The van der Waals surface area contributed by atoms with Crippen LogP contribution in [0.2, 0.25) is 4.34 Å². The minimum absolute atomic E-state index is 0.114. The Morgan fingerprint density at radius 2 is 1.95 bits per heavy atom. The maximum atomic E-state index is 14.1. The van der Waals surface area contributed by atoms with Crippen molar-refractivity contribution in [1.82, 2.24) is 10.2 Å². The Morgan fingerprint density at radius 1 is 1.18 bits per heavy atom. The molecule has 4 rings (SSSR count). The van der Waals surface area contributed by atoms with Gasteiger partial charge in [-0.05, 0) is 49.1 Å². The molecular weight excluding hydrogens is 576 g/mol. The number of nitrogens with one attached hydrogen (secondary N) is 2. The van der Waals surface area contributed by atoms with Gasteiger partial charge in [0.25, 0.3) is 24.7 Å². The van der Waals surface area contributed by atoms with Crippen molar-refractivity contribution < 1.29 is 36.7 Å². The summed E-state index contributed by atoms with van der Waals surface area (Å²) in [5, 5.41) is 5.06. The molecule has 2 N–H and O–H groups in total. The van der Waals surface area contributed by atoms with Gasteiger partial charge in [-0.15, -0.1) is 11.3 Å². The number of morpholine rings is 1. The summed E-state index contributed by atoms with van der Waals surface area (Å²) in [5.41, 5.74) is -0.517. The average Bonchev–Trinajstić information content (AvgIpc) is 3.32. The summed E-state index contributed by atoms with van der Waals surface area (Å²) < 4.78 is 60.8. The van der Waals surface area contributed by atoms with Gasteiger partial charge in [0.1, 0.15) is 12.6 Å². The molecule has 0 unspecified atom stereocenters. The molecule has 2 fully saturated rings. The Morgan fingerprint density at radius 3 is 2.55 bits per heavy atom. The second-order valence-electron chi connectivity index (χ2n) is 9.63.